The fraction of sp³-hybridized carbons (Fsp3) is 0.562. The van der Waals surface area contributed by atoms with Crippen molar-refractivity contribution in [2.75, 3.05) is 20.1 Å². The quantitative estimate of drug-likeness (QED) is 0.894. The van der Waals surface area contributed by atoms with E-state index < -0.39 is 0 Å². The number of likely N-dealkylation sites (N-methyl/N-ethyl adjacent to an activating group) is 1. The summed E-state index contributed by atoms with van der Waals surface area (Å²) >= 11 is 3.44. The predicted molar refractivity (Wildman–Crippen MR) is 85.8 cm³/mol. The zero-order valence-electron chi connectivity index (χ0n) is 12.2. The summed E-state index contributed by atoms with van der Waals surface area (Å²) in [6.45, 7) is 3.95. The second-order valence-corrected chi connectivity index (χ2v) is 6.51. The van der Waals surface area contributed by atoms with Crippen molar-refractivity contribution in [3.8, 4) is 0 Å². The highest BCUT2D eigenvalue weighted by atomic mass is 79.9. The van der Waals surface area contributed by atoms with Crippen LogP contribution in [0.5, 0.6) is 0 Å². The molecule has 0 radical (unpaired) electrons. The molecule has 0 aromatic heterocycles. The minimum Gasteiger partial charge on any atom is -0.338 e. The van der Waals surface area contributed by atoms with Gasteiger partial charge in [-0.1, -0.05) is 35.0 Å². The molecule has 1 saturated heterocycles. The summed E-state index contributed by atoms with van der Waals surface area (Å²) in [5, 5.41) is 3.19. The molecule has 0 saturated carbocycles. The molecule has 1 heterocycles. The Labute approximate surface area is 129 Å². The number of amides is 1. The van der Waals surface area contributed by atoms with Crippen molar-refractivity contribution in [3.63, 3.8) is 0 Å². The van der Waals surface area contributed by atoms with E-state index in [4.69, 9.17) is 0 Å². The lowest BCUT2D eigenvalue weighted by atomic mass is 9.97. The highest BCUT2D eigenvalue weighted by Gasteiger charge is 2.28. The van der Waals surface area contributed by atoms with Crippen molar-refractivity contribution in [3.05, 3.63) is 34.3 Å². The molecule has 0 spiro atoms. The molecule has 1 aliphatic heterocycles. The van der Waals surface area contributed by atoms with Gasteiger partial charge in [0.2, 0.25) is 5.91 Å². The first kappa shape index (κ1) is 15.5. The number of carbonyl (C=O) groups excluding carboxylic acids is 1. The minimum atomic E-state index is 0.270. The van der Waals surface area contributed by atoms with Gasteiger partial charge in [-0.25, -0.2) is 0 Å². The van der Waals surface area contributed by atoms with Crippen molar-refractivity contribution >= 4 is 21.8 Å². The molecule has 1 amide bonds. The van der Waals surface area contributed by atoms with Gasteiger partial charge in [-0.2, -0.15) is 0 Å². The lowest BCUT2D eigenvalue weighted by molar-refractivity contribution is -0.132. The van der Waals surface area contributed by atoms with E-state index in [-0.39, 0.29) is 11.8 Å². The highest BCUT2D eigenvalue weighted by molar-refractivity contribution is 9.10. The van der Waals surface area contributed by atoms with Gasteiger partial charge in [0, 0.05) is 30.0 Å². The smallest absolute Gasteiger partial charge is 0.223 e. The second kappa shape index (κ2) is 7.23. The maximum absolute atomic E-state index is 12.5. The molecule has 110 valence electrons. The SMILES string of the molecule is CNCC1CCCN1C(=O)CC(C)c1ccc(Br)cc1. The van der Waals surface area contributed by atoms with Crippen LogP contribution in [0.3, 0.4) is 0 Å². The highest BCUT2D eigenvalue weighted by Crippen LogP contribution is 2.25. The van der Waals surface area contributed by atoms with Crippen LogP contribution in [0, 0.1) is 0 Å². The van der Waals surface area contributed by atoms with Crippen molar-refractivity contribution in [1.29, 1.82) is 0 Å². The number of nitrogens with one attached hydrogen (secondary N) is 1. The molecule has 2 unspecified atom stereocenters. The van der Waals surface area contributed by atoms with Crippen molar-refractivity contribution in [2.45, 2.75) is 38.1 Å². The maximum Gasteiger partial charge on any atom is 0.223 e. The van der Waals surface area contributed by atoms with Crippen molar-refractivity contribution in [2.24, 2.45) is 0 Å². The van der Waals surface area contributed by atoms with E-state index in [1.165, 1.54) is 5.56 Å². The Bertz CT molecular complexity index is 446. The Morgan fingerprint density at radius 3 is 2.80 bits per heavy atom. The van der Waals surface area contributed by atoms with Gasteiger partial charge in [-0.05, 0) is 43.5 Å². The molecular weight excluding hydrogens is 316 g/mol. The second-order valence-electron chi connectivity index (χ2n) is 5.60. The Morgan fingerprint density at radius 1 is 1.45 bits per heavy atom. The molecular formula is C16H23BrN2O. The molecule has 20 heavy (non-hydrogen) atoms. The van der Waals surface area contributed by atoms with Gasteiger partial charge in [0.15, 0.2) is 0 Å². The van der Waals surface area contributed by atoms with E-state index in [0.717, 1.165) is 30.4 Å². The molecule has 2 rings (SSSR count). The lowest BCUT2D eigenvalue weighted by Crippen LogP contribution is -2.41. The molecule has 4 heteroatoms. The third-order valence-electron chi connectivity index (χ3n) is 4.06. The third-order valence-corrected chi connectivity index (χ3v) is 4.59. The Kier molecular flexibility index (Phi) is 5.61. The summed E-state index contributed by atoms with van der Waals surface area (Å²) in [5.74, 6) is 0.560. The molecule has 1 aromatic rings. The monoisotopic (exact) mass is 338 g/mol. The van der Waals surface area contributed by atoms with Crippen LogP contribution in [0.2, 0.25) is 0 Å². The van der Waals surface area contributed by atoms with Crippen LogP contribution >= 0.6 is 15.9 Å². The Morgan fingerprint density at radius 2 is 2.15 bits per heavy atom. The Balaban J connectivity index is 1.95. The van der Waals surface area contributed by atoms with Crippen LogP contribution in [0.25, 0.3) is 0 Å². The summed E-state index contributed by atoms with van der Waals surface area (Å²) < 4.78 is 1.08. The molecule has 1 aromatic carbocycles. The van der Waals surface area contributed by atoms with E-state index in [2.05, 4.69) is 45.2 Å². The standard InChI is InChI=1S/C16H23BrN2O/c1-12(13-5-7-14(17)8-6-13)10-16(20)19-9-3-4-15(19)11-18-2/h5-8,12,15,18H,3-4,9-11H2,1-2H3. The molecule has 0 bridgehead atoms. The molecule has 2 atom stereocenters. The third kappa shape index (κ3) is 3.83. The fourth-order valence-corrected chi connectivity index (χ4v) is 3.16. The van der Waals surface area contributed by atoms with Crippen molar-refractivity contribution < 1.29 is 4.79 Å². The van der Waals surface area contributed by atoms with Gasteiger partial charge in [0.1, 0.15) is 0 Å². The number of nitrogens with zero attached hydrogens (tertiary/aromatic N) is 1. The van der Waals surface area contributed by atoms with Gasteiger partial charge in [0.25, 0.3) is 0 Å². The molecule has 1 fully saturated rings. The normalized spacial score (nSPS) is 20.1. The van der Waals surface area contributed by atoms with Crippen LogP contribution < -0.4 is 5.32 Å². The van der Waals surface area contributed by atoms with E-state index in [1.54, 1.807) is 0 Å². The first-order valence-corrected chi connectivity index (χ1v) is 8.10. The molecule has 1 aliphatic rings. The van der Waals surface area contributed by atoms with Gasteiger partial charge >= 0.3 is 0 Å². The minimum absolute atomic E-state index is 0.270. The van der Waals surface area contributed by atoms with Gasteiger partial charge in [-0.15, -0.1) is 0 Å². The van der Waals surface area contributed by atoms with Crippen LogP contribution in [-0.2, 0) is 4.79 Å². The number of likely N-dealkylation sites (tertiary alicyclic amines) is 1. The zero-order valence-corrected chi connectivity index (χ0v) is 13.8. The van der Waals surface area contributed by atoms with Crippen LogP contribution in [0.1, 0.15) is 37.7 Å². The van der Waals surface area contributed by atoms with Gasteiger partial charge in [-0.3, -0.25) is 4.79 Å². The number of rotatable bonds is 5. The molecule has 1 N–H and O–H groups in total. The number of benzene rings is 1. The summed E-state index contributed by atoms with van der Waals surface area (Å²) in [6, 6.07) is 8.64. The number of carbonyl (C=O) groups is 1. The van der Waals surface area contributed by atoms with Gasteiger partial charge < -0.3 is 10.2 Å². The summed E-state index contributed by atoms with van der Waals surface area (Å²) in [6.07, 6.45) is 2.85. The number of hydrogen-bond acceptors (Lipinski definition) is 2. The Hall–Kier alpha value is -0.870. The first-order valence-electron chi connectivity index (χ1n) is 7.31. The number of halogens is 1. The van der Waals surface area contributed by atoms with Crippen LogP contribution in [0.15, 0.2) is 28.7 Å². The fourth-order valence-electron chi connectivity index (χ4n) is 2.90. The summed E-state index contributed by atoms with van der Waals surface area (Å²) in [7, 11) is 1.95. The largest absolute Gasteiger partial charge is 0.338 e. The molecule has 0 aliphatic carbocycles. The predicted octanol–water partition coefficient (Wildman–Crippen LogP) is 3.15. The zero-order chi connectivity index (χ0) is 14.5. The first-order chi connectivity index (χ1) is 9.61. The average Bonchev–Trinajstić information content (AvgIpc) is 2.88. The van der Waals surface area contributed by atoms with Crippen molar-refractivity contribution in [1.82, 2.24) is 10.2 Å². The maximum atomic E-state index is 12.5. The lowest BCUT2D eigenvalue weighted by Gasteiger charge is -2.26. The van der Waals surface area contributed by atoms with Crippen LogP contribution in [-0.4, -0.2) is 37.0 Å². The summed E-state index contributed by atoms with van der Waals surface area (Å²) in [5.41, 5.74) is 1.23. The van der Waals surface area contributed by atoms with E-state index in [9.17, 15) is 4.79 Å². The molecule has 3 nitrogen and oxygen atoms in total. The topological polar surface area (TPSA) is 32.3 Å². The number of hydrogen-bond donors (Lipinski definition) is 1. The van der Waals surface area contributed by atoms with E-state index in [0.29, 0.717) is 12.5 Å². The summed E-state index contributed by atoms with van der Waals surface area (Å²) in [4.78, 5) is 14.5. The van der Waals surface area contributed by atoms with E-state index >= 15 is 0 Å². The van der Waals surface area contributed by atoms with Gasteiger partial charge in [0.05, 0.1) is 0 Å². The average molecular weight is 339 g/mol. The van der Waals surface area contributed by atoms with Crippen LogP contribution in [0.4, 0.5) is 0 Å². The van der Waals surface area contributed by atoms with E-state index in [1.807, 2.05) is 19.2 Å².